The van der Waals surface area contributed by atoms with Crippen molar-refractivity contribution >= 4 is 11.8 Å². The molecule has 0 radical (unpaired) electrons. The fourth-order valence-electron chi connectivity index (χ4n) is 2.68. The molecule has 1 aliphatic rings. The van der Waals surface area contributed by atoms with Crippen molar-refractivity contribution in [2.24, 2.45) is 0 Å². The maximum Gasteiger partial charge on any atom is 0.409 e. The summed E-state index contributed by atoms with van der Waals surface area (Å²) in [5.74, 6) is 1.22. The van der Waals surface area contributed by atoms with Crippen molar-refractivity contribution < 1.29 is 24.1 Å². The number of hydrogen-bond donors (Lipinski definition) is 2. The largest absolute Gasteiger partial charge is 0.486 e. The number of carbonyl (C=O) groups is 1. The van der Waals surface area contributed by atoms with Gasteiger partial charge in [0.05, 0.1) is 13.2 Å². The van der Waals surface area contributed by atoms with Crippen molar-refractivity contribution in [1.29, 1.82) is 0 Å². The number of hydrogen-bond acceptors (Lipinski definition) is 4. The molecule has 4 rings (SSSR count). The highest BCUT2D eigenvalue weighted by Crippen LogP contribution is 2.32. The summed E-state index contributed by atoms with van der Waals surface area (Å²) in [5.41, 5.74) is 2.91. The minimum Gasteiger partial charge on any atom is -0.486 e. The molecule has 0 fully saturated rings. The van der Waals surface area contributed by atoms with E-state index in [2.05, 4.69) is 29.6 Å². The van der Waals surface area contributed by atoms with Crippen LogP contribution in [-0.4, -0.2) is 24.4 Å². The van der Waals surface area contributed by atoms with E-state index in [0.29, 0.717) is 43.6 Å². The highest BCUT2D eigenvalue weighted by atomic mass is 16.6. The molecule has 0 unspecified atom stereocenters. The normalized spacial score (nSPS) is 11.7. The van der Waals surface area contributed by atoms with Crippen molar-refractivity contribution in [1.82, 2.24) is 0 Å². The lowest BCUT2D eigenvalue weighted by molar-refractivity contribution is 0.107. The first-order valence-corrected chi connectivity index (χ1v) is 9.26. The van der Waals surface area contributed by atoms with Crippen LogP contribution in [-0.2, 0) is 18.0 Å². The van der Waals surface area contributed by atoms with Gasteiger partial charge in [-0.25, -0.2) is 4.79 Å². The average Bonchev–Trinajstić information content (AvgIpc) is 2.75. The summed E-state index contributed by atoms with van der Waals surface area (Å²) in [6.07, 6.45) is -1.10. The average molecular weight is 393 g/mol. The number of benzene rings is 3. The second-order valence-electron chi connectivity index (χ2n) is 6.25. The molecular weight excluding hydrogens is 370 g/mol. The summed E-state index contributed by atoms with van der Waals surface area (Å²) in [7, 11) is 0. The molecule has 0 aromatic heterocycles. The molecule has 6 heteroatoms. The minimum absolute atomic E-state index is 0.474. The van der Waals surface area contributed by atoms with Crippen LogP contribution in [0.2, 0.25) is 0 Å². The van der Waals surface area contributed by atoms with Gasteiger partial charge in [0.2, 0.25) is 0 Å². The van der Waals surface area contributed by atoms with Crippen molar-refractivity contribution in [3.63, 3.8) is 0 Å². The summed E-state index contributed by atoms with van der Waals surface area (Å²) in [4.78, 5) is 10.4. The van der Waals surface area contributed by atoms with Gasteiger partial charge in [-0.3, -0.25) is 5.32 Å². The van der Waals surface area contributed by atoms with E-state index in [-0.39, 0.29) is 0 Å². The smallest absolute Gasteiger partial charge is 0.409 e. The summed E-state index contributed by atoms with van der Waals surface area (Å²) in [6.45, 7) is 2.37. The number of rotatable bonds is 5. The summed E-state index contributed by atoms with van der Waals surface area (Å²) in [5, 5.41) is 10.7. The second kappa shape index (κ2) is 10.7. The van der Waals surface area contributed by atoms with Gasteiger partial charge in [0.15, 0.2) is 11.5 Å². The SMILES string of the molecule is O=C(O)Nc1ccc2c(c1)OCCO2.c1ccc(COCc2ccccc2)cc1. The third-order valence-corrected chi connectivity index (χ3v) is 4.02. The van der Waals surface area contributed by atoms with E-state index in [1.54, 1.807) is 18.2 Å². The Kier molecular flexibility index (Phi) is 7.48. The molecule has 29 heavy (non-hydrogen) atoms. The fourth-order valence-corrected chi connectivity index (χ4v) is 2.68. The van der Waals surface area contributed by atoms with Crippen LogP contribution in [0.4, 0.5) is 10.5 Å². The fraction of sp³-hybridized carbons (Fsp3) is 0.174. The second-order valence-corrected chi connectivity index (χ2v) is 6.25. The maximum absolute atomic E-state index is 10.4. The molecule has 6 nitrogen and oxygen atoms in total. The van der Waals surface area contributed by atoms with Gasteiger partial charge in [0.25, 0.3) is 0 Å². The Morgan fingerprint density at radius 2 is 1.38 bits per heavy atom. The van der Waals surface area contributed by atoms with E-state index in [9.17, 15) is 4.79 Å². The van der Waals surface area contributed by atoms with Gasteiger partial charge in [-0.05, 0) is 23.3 Å². The Bertz CT molecular complexity index is 860. The lowest BCUT2D eigenvalue weighted by Crippen LogP contribution is -2.15. The van der Waals surface area contributed by atoms with E-state index >= 15 is 0 Å². The zero-order valence-corrected chi connectivity index (χ0v) is 15.9. The van der Waals surface area contributed by atoms with E-state index in [4.69, 9.17) is 19.3 Å². The highest BCUT2D eigenvalue weighted by Gasteiger charge is 2.12. The first kappa shape index (κ1) is 20.2. The third-order valence-electron chi connectivity index (χ3n) is 4.02. The Balaban J connectivity index is 0.000000166. The summed E-state index contributed by atoms with van der Waals surface area (Å²) in [6, 6.07) is 25.3. The highest BCUT2D eigenvalue weighted by molar-refractivity contribution is 5.83. The van der Waals surface area contributed by atoms with Gasteiger partial charge in [0.1, 0.15) is 13.2 Å². The molecule has 1 aliphatic heterocycles. The minimum atomic E-state index is -1.10. The molecule has 3 aromatic rings. The van der Waals surface area contributed by atoms with Crippen LogP contribution >= 0.6 is 0 Å². The standard InChI is InChI=1S/C14H14O.C9H9NO4/c1-3-7-13(8-4-1)11-15-12-14-9-5-2-6-10-14;11-9(12)10-6-1-2-7-8(5-6)14-4-3-13-7/h1-10H,11-12H2;1-2,5,10H,3-4H2,(H,11,12). The zero-order valence-electron chi connectivity index (χ0n) is 15.9. The third kappa shape index (κ3) is 6.86. The monoisotopic (exact) mass is 393 g/mol. The lowest BCUT2D eigenvalue weighted by Gasteiger charge is -2.18. The molecule has 2 N–H and O–H groups in total. The Labute approximate surface area is 169 Å². The molecule has 3 aromatic carbocycles. The number of amides is 1. The van der Waals surface area contributed by atoms with Gasteiger partial charge in [0, 0.05) is 11.8 Å². The van der Waals surface area contributed by atoms with Crippen LogP contribution in [0.5, 0.6) is 11.5 Å². The molecular formula is C23H23NO5. The molecule has 0 aliphatic carbocycles. The number of anilines is 1. The van der Waals surface area contributed by atoms with Crippen LogP contribution in [0, 0.1) is 0 Å². The zero-order chi connectivity index (χ0) is 20.3. The molecule has 1 amide bonds. The molecule has 1 heterocycles. The molecule has 0 atom stereocenters. The molecule has 150 valence electrons. The first-order chi connectivity index (χ1) is 14.2. The molecule has 0 bridgehead atoms. The molecule has 0 saturated heterocycles. The number of nitrogens with one attached hydrogen (secondary N) is 1. The van der Waals surface area contributed by atoms with E-state index in [1.165, 1.54) is 11.1 Å². The van der Waals surface area contributed by atoms with Crippen LogP contribution in [0.15, 0.2) is 78.9 Å². The lowest BCUT2D eigenvalue weighted by atomic mass is 10.2. The Hall–Kier alpha value is -3.51. The predicted octanol–water partition coefficient (Wildman–Crippen LogP) is 4.95. The number of fused-ring (bicyclic) bond motifs is 1. The van der Waals surface area contributed by atoms with Crippen LogP contribution in [0.3, 0.4) is 0 Å². The van der Waals surface area contributed by atoms with Gasteiger partial charge in [-0.15, -0.1) is 0 Å². The van der Waals surface area contributed by atoms with Gasteiger partial charge < -0.3 is 19.3 Å². The first-order valence-electron chi connectivity index (χ1n) is 9.26. The number of ether oxygens (including phenoxy) is 3. The summed E-state index contributed by atoms with van der Waals surface area (Å²) < 4.78 is 16.2. The van der Waals surface area contributed by atoms with E-state index in [1.807, 2.05) is 36.4 Å². The Morgan fingerprint density at radius 1 is 0.828 bits per heavy atom. The van der Waals surface area contributed by atoms with Crippen LogP contribution in [0.25, 0.3) is 0 Å². The topological polar surface area (TPSA) is 77.0 Å². The van der Waals surface area contributed by atoms with Gasteiger partial charge >= 0.3 is 6.09 Å². The molecule has 0 saturated carbocycles. The van der Waals surface area contributed by atoms with Crippen LogP contribution < -0.4 is 14.8 Å². The van der Waals surface area contributed by atoms with Crippen LogP contribution in [0.1, 0.15) is 11.1 Å². The van der Waals surface area contributed by atoms with Crippen molar-refractivity contribution in [2.45, 2.75) is 13.2 Å². The maximum atomic E-state index is 10.4. The van der Waals surface area contributed by atoms with E-state index < -0.39 is 6.09 Å². The quantitative estimate of drug-likeness (QED) is 0.641. The number of carboxylic acid groups (broad SMARTS) is 1. The van der Waals surface area contributed by atoms with E-state index in [0.717, 1.165) is 0 Å². The van der Waals surface area contributed by atoms with Crippen molar-refractivity contribution in [3.8, 4) is 11.5 Å². The predicted molar refractivity (Wildman–Crippen MR) is 110 cm³/mol. The van der Waals surface area contributed by atoms with Crippen molar-refractivity contribution in [3.05, 3.63) is 90.0 Å². The van der Waals surface area contributed by atoms with Crippen molar-refractivity contribution in [2.75, 3.05) is 18.5 Å². The van der Waals surface area contributed by atoms with Gasteiger partial charge in [-0.2, -0.15) is 0 Å². The van der Waals surface area contributed by atoms with Gasteiger partial charge in [-0.1, -0.05) is 60.7 Å². The summed E-state index contributed by atoms with van der Waals surface area (Å²) >= 11 is 0. The Morgan fingerprint density at radius 3 is 1.93 bits per heavy atom. The molecule has 0 spiro atoms.